The van der Waals surface area contributed by atoms with Crippen molar-refractivity contribution < 1.29 is 48.7 Å². The Hall–Kier alpha value is 0.120. The van der Waals surface area contributed by atoms with Crippen molar-refractivity contribution in [2.45, 2.75) is 6.92 Å². The molecule has 1 atom stereocenters. The minimum atomic E-state index is -3.96. The number of carbonyl (C=O) groups excluding carboxylic acids is 1. The van der Waals surface area contributed by atoms with Crippen LogP contribution in [0.4, 0.5) is 0 Å². The van der Waals surface area contributed by atoms with Crippen LogP contribution >= 0.6 is 0 Å². The van der Waals surface area contributed by atoms with E-state index >= 15 is 0 Å². The molecule has 0 aromatic heterocycles. The summed E-state index contributed by atoms with van der Waals surface area (Å²) in [4.78, 5) is 10.6. The first kappa shape index (κ1) is 16.5. The molecular weight excluding hydrogens is 217 g/mol. The molecule has 0 aromatic carbocycles. The Balaban J connectivity index is -0.000000720. The van der Waals surface area contributed by atoms with Crippen LogP contribution in [0, 0.1) is 5.92 Å². The van der Waals surface area contributed by atoms with E-state index in [0.717, 1.165) is 6.08 Å². The van der Waals surface area contributed by atoms with E-state index in [1.807, 2.05) is 0 Å². The molecule has 0 radical (unpaired) electrons. The van der Waals surface area contributed by atoms with E-state index in [1.54, 1.807) is 6.92 Å². The maximum absolute atomic E-state index is 10.6. The Labute approximate surface area is 107 Å². The zero-order valence-electron chi connectivity index (χ0n) is 9.36. The zero-order chi connectivity index (χ0) is 10.5. The van der Waals surface area contributed by atoms with Gasteiger partial charge in [0.1, 0.15) is 0 Å². The van der Waals surface area contributed by atoms with Crippen LogP contribution < -0.4 is 34.9 Å². The van der Waals surface area contributed by atoms with E-state index in [4.69, 9.17) is 4.55 Å². The molecule has 0 fully saturated rings. The van der Waals surface area contributed by atoms with Crippen molar-refractivity contribution in [3.63, 3.8) is 0 Å². The van der Waals surface area contributed by atoms with Crippen LogP contribution in [-0.2, 0) is 14.9 Å². The molecule has 0 saturated carbocycles. The molecule has 5 nitrogen and oxygen atoms in total. The molecule has 7 heteroatoms. The first-order valence-electron chi connectivity index (χ1n) is 3.70. The molecule has 0 aliphatic heterocycles. The van der Waals surface area contributed by atoms with Gasteiger partial charge in [0.05, 0.1) is 5.75 Å². The molecule has 0 aromatic rings. The third-order valence-electron chi connectivity index (χ3n) is 1.31. The van der Waals surface area contributed by atoms with Crippen LogP contribution in [0.25, 0.3) is 0 Å². The van der Waals surface area contributed by atoms with Crippen LogP contribution in [0.15, 0.2) is 12.7 Å². The predicted molar refractivity (Wildman–Crippen MR) is 49.9 cm³/mol. The van der Waals surface area contributed by atoms with Crippen LogP contribution in [0.1, 0.15) is 8.35 Å². The second kappa shape index (κ2) is 7.42. The first-order valence-corrected chi connectivity index (χ1v) is 5.31. The number of hydrogen-bond donors (Lipinski definition) is 2. The maximum atomic E-state index is 10.6. The number of amides is 1. The van der Waals surface area contributed by atoms with Crippen molar-refractivity contribution in [3.05, 3.63) is 12.7 Å². The minimum absolute atomic E-state index is 0. The topological polar surface area (TPSA) is 83.5 Å². The molecule has 0 aliphatic rings. The summed E-state index contributed by atoms with van der Waals surface area (Å²) in [5, 5.41) is 2.42. The molecule has 0 bridgehead atoms. The molecule has 0 rings (SSSR count). The van der Waals surface area contributed by atoms with Crippen molar-refractivity contribution in [1.29, 1.82) is 0 Å². The van der Waals surface area contributed by atoms with Crippen molar-refractivity contribution >= 4 is 16.0 Å². The summed E-state index contributed by atoms with van der Waals surface area (Å²) < 4.78 is 29.2. The third kappa shape index (κ3) is 10.2. The second-order valence-electron chi connectivity index (χ2n) is 2.80. The largest absolute Gasteiger partial charge is 1.00 e. The number of hydrogen-bond acceptors (Lipinski definition) is 3. The summed E-state index contributed by atoms with van der Waals surface area (Å²) in [6, 6.07) is 0. The average Bonchev–Trinajstić information content (AvgIpc) is 1.97. The minimum Gasteiger partial charge on any atom is -1.00 e. The number of rotatable bonds is 5. The van der Waals surface area contributed by atoms with E-state index in [9.17, 15) is 13.2 Å². The zero-order valence-corrected chi connectivity index (χ0v) is 11.2. The van der Waals surface area contributed by atoms with Crippen molar-refractivity contribution in [1.82, 2.24) is 5.32 Å². The fraction of sp³-hybridized carbons (Fsp3) is 0.571. The van der Waals surface area contributed by atoms with E-state index in [-0.39, 0.29) is 55.1 Å². The predicted octanol–water partition coefficient (Wildman–Crippen LogP) is -3.07. The average molecular weight is 231 g/mol. The standard InChI is InChI=1S/C7H13NO4S.Na.H/c1-3-7(9)8-4-6(2)5-13(10,11)12;;/h3,6H,1,4-5H2,2H3,(H,8,9)(H,10,11,12);;/q;+1;-1/t6-;;/m0../s1. The quantitative estimate of drug-likeness (QED) is 0.299. The van der Waals surface area contributed by atoms with E-state index < -0.39 is 10.1 Å². The summed E-state index contributed by atoms with van der Waals surface area (Å²) in [5.74, 6) is -1.04. The van der Waals surface area contributed by atoms with Gasteiger partial charge < -0.3 is 6.74 Å². The maximum Gasteiger partial charge on any atom is 1.00 e. The van der Waals surface area contributed by atoms with Crippen molar-refractivity contribution in [2.24, 2.45) is 5.92 Å². The van der Waals surface area contributed by atoms with Gasteiger partial charge in [0.2, 0.25) is 5.91 Å². The van der Waals surface area contributed by atoms with Gasteiger partial charge in [-0.05, 0) is 12.0 Å². The van der Waals surface area contributed by atoms with Crippen LogP contribution in [-0.4, -0.2) is 31.2 Å². The summed E-state index contributed by atoms with van der Waals surface area (Å²) in [6.07, 6.45) is 1.10. The fourth-order valence-electron chi connectivity index (χ4n) is 0.765. The molecule has 0 heterocycles. The summed E-state index contributed by atoms with van der Waals surface area (Å²) in [7, 11) is -3.96. The van der Waals surface area contributed by atoms with Gasteiger partial charge in [0, 0.05) is 6.54 Å². The van der Waals surface area contributed by atoms with Gasteiger partial charge in [-0.2, -0.15) is 8.42 Å². The smallest absolute Gasteiger partial charge is 1.00 e. The van der Waals surface area contributed by atoms with Gasteiger partial charge in [-0.1, -0.05) is 13.5 Å². The molecule has 14 heavy (non-hydrogen) atoms. The second-order valence-corrected chi connectivity index (χ2v) is 4.30. The van der Waals surface area contributed by atoms with Crippen LogP contribution in [0.3, 0.4) is 0 Å². The first-order chi connectivity index (χ1) is 5.85. The molecule has 0 spiro atoms. The summed E-state index contributed by atoms with van der Waals surface area (Å²) in [6.45, 7) is 5.04. The van der Waals surface area contributed by atoms with Crippen molar-refractivity contribution in [2.75, 3.05) is 12.3 Å². The van der Waals surface area contributed by atoms with Crippen LogP contribution in [0.5, 0.6) is 0 Å². The van der Waals surface area contributed by atoms with Gasteiger partial charge in [-0.15, -0.1) is 0 Å². The van der Waals surface area contributed by atoms with Gasteiger partial charge in [-0.25, -0.2) is 0 Å². The molecule has 0 aliphatic carbocycles. The Bertz CT molecular complexity index is 293. The molecular formula is C7H14NNaO4S. The molecule has 0 saturated heterocycles. The Morgan fingerprint density at radius 3 is 2.57 bits per heavy atom. The van der Waals surface area contributed by atoms with Crippen LogP contribution in [0.2, 0.25) is 0 Å². The van der Waals surface area contributed by atoms with Gasteiger partial charge in [-0.3, -0.25) is 9.35 Å². The normalized spacial score (nSPS) is 12.4. The molecule has 78 valence electrons. The van der Waals surface area contributed by atoms with E-state index in [0.29, 0.717) is 0 Å². The van der Waals surface area contributed by atoms with Gasteiger partial charge in [0.15, 0.2) is 0 Å². The Morgan fingerprint density at radius 2 is 2.21 bits per heavy atom. The Kier molecular flexibility index (Phi) is 8.77. The molecule has 0 unspecified atom stereocenters. The number of nitrogens with one attached hydrogen (secondary N) is 1. The number of carbonyl (C=O) groups is 1. The molecule has 1 amide bonds. The monoisotopic (exact) mass is 231 g/mol. The van der Waals surface area contributed by atoms with Gasteiger partial charge in [0.25, 0.3) is 10.1 Å². The SMILES string of the molecule is C=CC(=O)NC[C@H](C)CS(=O)(=O)O.[H-].[Na+]. The van der Waals surface area contributed by atoms with Crippen molar-refractivity contribution in [3.8, 4) is 0 Å². The molecule has 2 N–H and O–H groups in total. The summed E-state index contributed by atoms with van der Waals surface area (Å²) >= 11 is 0. The Morgan fingerprint density at radius 1 is 1.71 bits per heavy atom. The third-order valence-corrected chi connectivity index (χ3v) is 2.30. The van der Waals surface area contributed by atoms with E-state index in [1.165, 1.54) is 0 Å². The summed E-state index contributed by atoms with van der Waals surface area (Å²) in [5.41, 5.74) is 0. The fourth-order valence-corrected chi connectivity index (χ4v) is 1.60. The van der Waals surface area contributed by atoms with Gasteiger partial charge >= 0.3 is 29.6 Å². The van der Waals surface area contributed by atoms with E-state index in [2.05, 4.69) is 11.9 Å².